The molecule has 0 aliphatic rings. The molecular weight excluding hydrogens is 324 g/mol. The van der Waals surface area contributed by atoms with E-state index in [0.717, 1.165) is 26.3 Å². The summed E-state index contributed by atoms with van der Waals surface area (Å²) in [6.07, 6.45) is 0.863. The van der Waals surface area contributed by atoms with Crippen molar-refractivity contribution in [3.8, 4) is 9.88 Å². The first-order valence-corrected chi connectivity index (χ1v) is 8.92. The molecule has 0 atom stereocenters. The zero-order chi connectivity index (χ0) is 14.7. The quantitative estimate of drug-likeness (QED) is 0.777. The molecule has 3 aromatic rings. The maximum atomic E-state index is 12.1. The van der Waals surface area contributed by atoms with Gasteiger partial charge in [0.1, 0.15) is 20.7 Å². The van der Waals surface area contributed by atoms with Crippen molar-refractivity contribution in [3.63, 3.8) is 0 Å². The van der Waals surface area contributed by atoms with E-state index in [9.17, 15) is 4.79 Å². The van der Waals surface area contributed by atoms with Gasteiger partial charge >= 0.3 is 0 Å². The van der Waals surface area contributed by atoms with E-state index < -0.39 is 0 Å². The molecule has 0 spiro atoms. The Morgan fingerprint density at radius 1 is 1.29 bits per heavy atom. The van der Waals surface area contributed by atoms with Crippen molar-refractivity contribution in [1.82, 2.24) is 20.5 Å². The molecule has 3 rings (SSSR count). The van der Waals surface area contributed by atoms with E-state index in [1.807, 2.05) is 24.4 Å². The van der Waals surface area contributed by atoms with Crippen LogP contribution in [0, 0.1) is 0 Å². The van der Waals surface area contributed by atoms with Crippen molar-refractivity contribution in [1.29, 1.82) is 0 Å². The van der Waals surface area contributed by atoms with Crippen LogP contribution in [0.5, 0.6) is 0 Å². The fourth-order valence-corrected chi connectivity index (χ4v) is 3.98. The smallest absolute Gasteiger partial charge is 0.271 e. The van der Waals surface area contributed by atoms with Crippen molar-refractivity contribution in [2.45, 2.75) is 19.9 Å². The maximum Gasteiger partial charge on any atom is 0.271 e. The van der Waals surface area contributed by atoms with Gasteiger partial charge in [-0.15, -0.1) is 32.9 Å². The predicted molar refractivity (Wildman–Crippen MR) is 85.9 cm³/mol. The Balaban J connectivity index is 1.63. The Morgan fingerprint density at radius 3 is 2.86 bits per heavy atom. The van der Waals surface area contributed by atoms with E-state index in [-0.39, 0.29) is 5.91 Å². The molecule has 0 aliphatic carbocycles. The molecule has 3 aromatic heterocycles. The summed E-state index contributed by atoms with van der Waals surface area (Å²) in [6, 6.07) is 3.97. The van der Waals surface area contributed by atoms with Crippen molar-refractivity contribution >= 4 is 39.9 Å². The fourth-order valence-electron chi connectivity index (χ4n) is 1.64. The molecule has 5 nitrogen and oxygen atoms in total. The molecule has 0 fully saturated rings. The number of rotatable bonds is 5. The van der Waals surface area contributed by atoms with Crippen LogP contribution in [0.15, 0.2) is 22.9 Å². The minimum Gasteiger partial charge on any atom is -0.344 e. The Kier molecular flexibility index (Phi) is 4.37. The number of hydrogen-bond donors (Lipinski definition) is 1. The molecule has 0 radical (unpaired) electrons. The van der Waals surface area contributed by atoms with Gasteiger partial charge in [0.25, 0.3) is 5.91 Å². The van der Waals surface area contributed by atoms with Crippen LogP contribution in [0.25, 0.3) is 9.88 Å². The van der Waals surface area contributed by atoms with Crippen LogP contribution < -0.4 is 5.32 Å². The standard InChI is InChI=1S/C13H12N4OS3/c1-2-10-16-17-11(21-10)6-14-12(18)8-7-20-13(15-8)9-4-3-5-19-9/h3-5,7H,2,6H2,1H3,(H,14,18). The second-order valence-electron chi connectivity index (χ2n) is 4.14. The number of aromatic nitrogens is 3. The van der Waals surface area contributed by atoms with Crippen LogP contribution in [0.2, 0.25) is 0 Å². The first-order chi connectivity index (χ1) is 10.3. The van der Waals surface area contributed by atoms with Crippen molar-refractivity contribution in [2.24, 2.45) is 0 Å². The molecule has 3 heterocycles. The highest BCUT2D eigenvalue weighted by Gasteiger charge is 2.13. The van der Waals surface area contributed by atoms with Crippen molar-refractivity contribution < 1.29 is 4.79 Å². The van der Waals surface area contributed by atoms with Gasteiger partial charge in [0.05, 0.1) is 11.4 Å². The normalized spacial score (nSPS) is 10.7. The average molecular weight is 336 g/mol. The lowest BCUT2D eigenvalue weighted by atomic mass is 10.4. The number of carbonyl (C=O) groups excluding carboxylic acids is 1. The molecule has 1 amide bonds. The lowest BCUT2D eigenvalue weighted by Crippen LogP contribution is -2.23. The zero-order valence-electron chi connectivity index (χ0n) is 11.2. The average Bonchev–Trinajstić information content (AvgIpc) is 3.24. The van der Waals surface area contributed by atoms with Crippen LogP contribution >= 0.6 is 34.0 Å². The second kappa shape index (κ2) is 6.42. The minimum absolute atomic E-state index is 0.178. The molecule has 0 unspecified atom stereocenters. The second-order valence-corrected chi connectivity index (χ2v) is 7.09. The number of thiazole rings is 1. The van der Waals surface area contributed by atoms with Crippen LogP contribution in [-0.4, -0.2) is 21.1 Å². The first-order valence-electron chi connectivity index (χ1n) is 6.35. The third-order valence-electron chi connectivity index (χ3n) is 2.68. The van der Waals surface area contributed by atoms with Gasteiger partial charge in [-0.2, -0.15) is 0 Å². The Hall–Kier alpha value is -1.64. The van der Waals surface area contributed by atoms with E-state index >= 15 is 0 Å². The van der Waals surface area contributed by atoms with E-state index in [0.29, 0.717) is 12.2 Å². The molecule has 21 heavy (non-hydrogen) atoms. The molecule has 8 heteroatoms. The van der Waals surface area contributed by atoms with Gasteiger partial charge in [0.2, 0.25) is 0 Å². The summed E-state index contributed by atoms with van der Waals surface area (Å²) in [6.45, 7) is 2.42. The van der Waals surface area contributed by atoms with Gasteiger partial charge in [-0.25, -0.2) is 4.98 Å². The third-order valence-corrected chi connectivity index (χ3v) is 5.63. The van der Waals surface area contributed by atoms with Crippen LogP contribution in [-0.2, 0) is 13.0 Å². The summed E-state index contributed by atoms with van der Waals surface area (Å²) in [5.74, 6) is -0.178. The molecular formula is C13H12N4OS3. The molecule has 0 bridgehead atoms. The monoisotopic (exact) mass is 336 g/mol. The predicted octanol–water partition coefficient (Wildman–Crippen LogP) is 3.22. The first kappa shape index (κ1) is 14.3. The van der Waals surface area contributed by atoms with E-state index in [1.54, 1.807) is 16.7 Å². The van der Waals surface area contributed by atoms with Gasteiger partial charge in [-0.05, 0) is 17.9 Å². The number of aryl methyl sites for hydroxylation is 1. The van der Waals surface area contributed by atoms with Gasteiger partial charge < -0.3 is 5.32 Å². The number of carbonyl (C=O) groups is 1. The van der Waals surface area contributed by atoms with Crippen LogP contribution in [0.3, 0.4) is 0 Å². The molecule has 1 N–H and O–H groups in total. The Bertz CT molecular complexity index is 732. The summed E-state index contributed by atoms with van der Waals surface area (Å²) in [5, 5.41) is 17.3. The van der Waals surface area contributed by atoms with Crippen molar-refractivity contribution in [3.05, 3.63) is 38.6 Å². The lowest BCUT2D eigenvalue weighted by molar-refractivity contribution is 0.0946. The van der Waals surface area contributed by atoms with Gasteiger partial charge in [-0.3, -0.25) is 4.79 Å². The summed E-state index contributed by atoms with van der Waals surface area (Å²) < 4.78 is 0. The fraction of sp³-hybridized carbons (Fsp3) is 0.231. The third kappa shape index (κ3) is 3.34. The minimum atomic E-state index is -0.178. The Labute approximate surface area is 133 Å². The summed E-state index contributed by atoms with van der Waals surface area (Å²) in [7, 11) is 0. The SMILES string of the molecule is CCc1nnc(CNC(=O)c2csc(-c3cccs3)n2)s1. The highest BCUT2D eigenvalue weighted by Crippen LogP contribution is 2.27. The molecule has 0 aromatic carbocycles. The molecule has 108 valence electrons. The zero-order valence-corrected chi connectivity index (χ0v) is 13.6. The molecule has 0 saturated carbocycles. The largest absolute Gasteiger partial charge is 0.344 e. The highest BCUT2D eigenvalue weighted by atomic mass is 32.1. The van der Waals surface area contributed by atoms with Gasteiger partial charge in [0, 0.05) is 5.38 Å². The molecule has 0 saturated heterocycles. The van der Waals surface area contributed by atoms with Crippen molar-refractivity contribution in [2.75, 3.05) is 0 Å². The number of hydrogen-bond acceptors (Lipinski definition) is 7. The van der Waals surface area contributed by atoms with E-state index in [2.05, 4.69) is 20.5 Å². The summed E-state index contributed by atoms with van der Waals surface area (Å²) in [5.41, 5.74) is 0.448. The van der Waals surface area contributed by atoms with Crippen LogP contribution in [0.1, 0.15) is 27.4 Å². The highest BCUT2D eigenvalue weighted by molar-refractivity contribution is 7.20. The topological polar surface area (TPSA) is 67.8 Å². The summed E-state index contributed by atoms with van der Waals surface area (Å²) in [4.78, 5) is 17.5. The van der Waals surface area contributed by atoms with Gasteiger partial charge in [-0.1, -0.05) is 24.3 Å². The number of nitrogens with zero attached hydrogens (tertiary/aromatic N) is 3. The molecule has 0 aliphatic heterocycles. The number of nitrogens with one attached hydrogen (secondary N) is 1. The number of amides is 1. The maximum absolute atomic E-state index is 12.1. The van der Waals surface area contributed by atoms with E-state index in [1.165, 1.54) is 22.7 Å². The summed E-state index contributed by atoms with van der Waals surface area (Å²) >= 11 is 4.61. The van der Waals surface area contributed by atoms with Crippen LogP contribution in [0.4, 0.5) is 0 Å². The van der Waals surface area contributed by atoms with Gasteiger partial charge in [0.15, 0.2) is 0 Å². The van der Waals surface area contributed by atoms with E-state index in [4.69, 9.17) is 0 Å². The Morgan fingerprint density at radius 2 is 2.14 bits per heavy atom. The lowest BCUT2D eigenvalue weighted by Gasteiger charge is -1.98. The number of thiophene rings is 1.